The number of nitrogens with one attached hydrogen (secondary N) is 1. The maximum atomic E-state index is 11.9. The van der Waals surface area contributed by atoms with Gasteiger partial charge in [-0.15, -0.1) is 11.8 Å². The standard InChI is InChI=1S/C16H24N2O2S/c1-2-13-3-7-16(20,8-4-13)12-18-15(19)11-21-14-5-9-17-10-6-14/h5-6,9-10,13,20H,2-4,7-8,11-12H2,1H3,(H,18,19). The summed E-state index contributed by atoms with van der Waals surface area (Å²) in [5, 5.41) is 13.4. The van der Waals surface area contributed by atoms with Gasteiger partial charge in [0.15, 0.2) is 0 Å². The summed E-state index contributed by atoms with van der Waals surface area (Å²) < 4.78 is 0. The molecule has 0 bridgehead atoms. The van der Waals surface area contributed by atoms with Crippen molar-refractivity contribution >= 4 is 17.7 Å². The molecule has 0 spiro atoms. The van der Waals surface area contributed by atoms with Gasteiger partial charge in [0.25, 0.3) is 0 Å². The van der Waals surface area contributed by atoms with E-state index < -0.39 is 5.60 Å². The Kier molecular flexibility index (Phi) is 6.06. The SMILES string of the molecule is CCC1CCC(O)(CNC(=O)CSc2ccncc2)CC1. The van der Waals surface area contributed by atoms with Gasteiger partial charge < -0.3 is 10.4 Å². The second-order valence-corrected chi connectivity index (χ2v) is 6.87. The quantitative estimate of drug-likeness (QED) is 0.793. The van der Waals surface area contributed by atoms with Crippen LogP contribution in [0.15, 0.2) is 29.4 Å². The zero-order valence-corrected chi connectivity index (χ0v) is 13.4. The molecule has 0 aliphatic heterocycles. The van der Waals surface area contributed by atoms with E-state index in [2.05, 4.69) is 17.2 Å². The van der Waals surface area contributed by atoms with E-state index in [-0.39, 0.29) is 5.91 Å². The van der Waals surface area contributed by atoms with Crippen molar-refractivity contribution in [2.24, 2.45) is 5.92 Å². The predicted molar refractivity (Wildman–Crippen MR) is 85.2 cm³/mol. The van der Waals surface area contributed by atoms with Crippen LogP contribution in [0.25, 0.3) is 0 Å². The van der Waals surface area contributed by atoms with E-state index in [9.17, 15) is 9.90 Å². The van der Waals surface area contributed by atoms with Gasteiger partial charge in [-0.25, -0.2) is 0 Å². The second kappa shape index (κ2) is 7.80. The number of hydrogen-bond donors (Lipinski definition) is 2. The lowest BCUT2D eigenvalue weighted by Gasteiger charge is -2.35. The minimum atomic E-state index is -0.706. The van der Waals surface area contributed by atoms with E-state index in [0.29, 0.717) is 12.3 Å². The molecule has 1 aliphatic carbocycles. The van der Waals surface area contributed by atoms with Gasteiger partial charge in [-0.3, -0.25) is 9.78 Å². The smallest absolute Gasteiger partial charge is 0.230 e. The Morgan fingerprint density at radius 1 is 1.43 bits per heavy atom. The summed E-state index contributed by atoms with van der Waals surface area (Å²) in [6, 6.07) is 3.77. The number of carbonyl (C=O) groups excluding carboxylic acids is 1. The summed E-state index contributed by atoms with van der Waals surface area (Å²) >= 11 is 1.48. The van der Waals surface area contributed by atoms with Crippen molar-refractivity contribution in [3.63, 3.8) is 0 Å². The molecule has 1 aliphatic rings. The number of aromatic nitrogens is 1. The molecule has 0 saturated heterocycles. The lowest BCUT2D eigenvalue weighted by molar-refractivity contribution is -0.120. The Morgan fingerprint density at radius 3 is 2.71 bits per heavy atom. The Labute approximate surface area is 130 Å². The number of rotatable bonds is 6. The molecule has 0 atom stereocenters. The van der Waals surface area contributed by atoms with Crippen LogP contribution in [0, 0.1) is 5.92 Å². The average Bonchev–Trinajstić information content (AvgIpc) is 2.53. The molecule has 1 heterocycles. The predicted octanol–water partition coefficient (Wildman–Crippen LogP) is 2.62. The maximum absolute atomic E-state index is 11.9. The molecule has 5 heteroatoms. The van der Waals surface area contributed by atoms with Crippen molar-refractivity contribution < 1.29 is 9.90 Å². The van der Waals surface area contributed by atoms with Crippen molar-refractivity contribution in [2.75, 3.05) is 12.3 Å². The van der Waals surface area contributed by atoms with E-state index in [1.807, 2.05) is 12.1 Å². The van der Waals surface area contributed by atoms with E-state index in [1.165, 1.54) is 18.2 Å². The monoisotopic (exact) mass is 308 g/mol. The fourth-order valence-electron chi connectivity index (χ4n) is 2.70. The van der Waals surface area contributed by atoms with E-state index in [4.69, 9.17) is 0 Å². The zero-order valence-electron chi connectivity index (χ0n) is 12.5. The molecular weight excluding hydrogens is 284 g/mol. The first-order valence-electron chi connectivity index (χ1n) is 7.63. The fourth-order valence-corrected chi connectivity index (χ4v) is 3.41. The van der Waals surface area contributed by atoms with Crippen molar-refractivity contribution in [1.29, 1.82) is 0 Å². The summed E-state index contributed by atoms with van der Waals surface area (Å²) in [4.78, 5) is 16.8. The zero-order chi connectivity index (χ0) is 15.1. The van der Waals surface area contributed by atoms with Crippen LogP contribution in [0.4, 0.5) is 0 Å². The largest absolute Gasteiger partial charge is 0.388 e. The number of aliphatic hydroxyl groups is 1. The highest BCUT2D eigenvalue weighted by Gasteiger charge is 2.32. The van der Waals surface area contributed by atoms with Gasteiger partial charge in [0.2, 0.25) is 5.91 Å². The van der Waals surface area contributed by atoms with Gasteiger partial charge in [-0.1, -0.05) is 13.3 Å². The van der Waals surface area contributed by atoms with Crippen LogP contribution < -0.4 is 5.32 Å². The summed E-state index contributed by atoms with van der Waals surface area (Å²) in [5.41, 5.74) is -0.706. The molecule has 1 aromatic heterocycles. The first kappa shape index (κ1) is 16.3. The van der Waals surface area contributed by atoms with E-state index >= 15 is 0 Å². The third kappa shape index (κ3) is 5.32. The number of thioether (sulfide) groups is 1. The van der Waals surface area contributed by atoms with Crippen molar-refractivity contribution in [2.45, 2.75) is 49.5 Å². The highest BCUT2D eigenvalue weighted by atomic mass is 32.2. The minimum absolute atomic E-state index is 0.0251. The third-order valence-corrected chi connectivity index (χ3v) is 5.26. The van der Waals surface area contributed by atoms with Gasteiger partial charge in [-0.2, -0.15) is 0 Å². The summed E-state index contributed by atoms with van der Waals surface area (Å²) in [6.45, 7) is 2.58. The van der Waals surface area contributed by atoms with Crippen molar-refractivity contribution in [3.8, 4) is 0 Å². The minimum Gasteiger partial charge on any atom is -0.388 e. The van der Waals surface area contributed by atoms with Gasteiger partial charge in [0.1, 0.15) is 0 Å². The first-order valence-corrected chi connectivity index (χ1v) is 8.62. The first-order chi connectivity index (χ1) is 10.1. The van der Waals surface area contributed by atoms with Crippen molar-refractivity contribution in [1.82, 2.24) is 10.3 Å². The average molecular weight is 308 g/mol. The number of nitrogens with zero attached hydrogens (tertiary/aromatic N) is 1. The van der Waals surface area contributed by atoms with Crippen molar-refractivity contribution in [3.05, 3.63) is 24.5 Å². The van der Waals surface area contributed by atoms with E-state index in [1.54, 1.807) is 12.4 Å². The lowest BCUT2D eigenvalue weighted by atomic mass is 9.78. The van der Waals surface area contributed by atoms with Gasteiger partial charge in [0.05, 0.1) is 11.4 Å². The molecule has 1 saturated carbocycles. The lowest BCUT2D eigenvalue weighted by Crippen LogP contribution is -2.45. The molecule has 2 rings (SSSR count). The molecule has 0 aromatic carbocycles. The molecule has 0 unspecified atom stereocenters. The summed E-state index contributed by atoms with van der Waals surface area (Å²) in [6.07, 6.45) is 8.34. The van der Waals surface area contributed by atoms with Crippen LogP contribution >= 0.6 is 11.8 Å². The normalized spacial score (nSPS) is 25.5. The topological polar surface area (TPSA) is 62.2 Å². The second-order valence-electron chi connectivity index (χ2n) is 5.82. The molecule has 1 aromatic rings. The summed E-state index contributed by atoms with van der Waals surface area (Å²) in [5.74, 6) is 1.09. The van der Waals surface area contributed by atoms with Crippen LogP contribution in [0.2, 0.25) is 0 Å². The Hall–Kier alpha value is -1.07. The number of amides is 1. The Balaban J connectivity index is 1.69. The Morgan fingerprint density at radius 2 is 2.10 bits per heavy atom. The van der Waals surface area contributed by atoms with Gasteiger partial charge >= 0.3 is 0 Å². The molecule has 21 heavy (non-hydrogen) atoms. The van der Waals surface area contributed by atoms with Crippen LogP contribution in [-0.2, 0) is 4.79 Å². The van der Waals surface area contributed by atoms with Crippen LogP contribution in [0.1, 0.15) is 39.0 Å². The number of pyridine rings is 1. The molecule has 1 fully saturated rings. The highest BCUT2D eigenvalue weighted by molar-refractivity contribution is 8.00. The van der Waals surface area contributed by atoms with E-state index in [0.717, 1.165) is 36.5 Å². The van der Waals surface area contributed by atoms with Crippen LogP contribution in [0.3, 0.4) is 0 Å². The van der Waals surface area contributed by atoms with Crippen LogP contribution in [-0.4, -0.2) is 33.9 Å². The Bertz CT molecular complexity index is 445. The third-order valence-electron chi connectivity index (χ3n) is 4.25. The molecule has 1 amide bonds. The molecule has 0 radical (unpaired) electrons. The number of carbonyl (C=O) groups is 1. The maximum Gasteiger partial charge on any atom is 0.230 e. The highest BCUT2D eigenvalue weighted by Crippen LogP contribution is 2.33. The van der Waals surface area contributed by atoms with Gasteiger partial charge in [0, 0.05) is 23.8 Å². The number of hydrogen-bond acceptors (Lipinski definition) is 4. The molecule has 4 nitrogen and oxygen atoms in total. The molecular formula is C16H24N2O2S. The summed E-state index contributed by atoms with van der Waals surface area (Å²) in [7, 11) is 0. The fraction of sp³-hybridized carbons (Fsp3) is 0.625. The van der Waals surface area contributed by atoms with Crippen LogP contribution in [0.5, 0.6) is 0 Å². The van der Waals surface area contributed by atoms with Gasteiger partial charge in [-0.05, 0) is 43.7 Å². The molecule has 116 valence electrons. The molecule has 2 N–H and O–H groups in total.